The molecule has 0 atom stereocenters. The molecule has 0 radical (unpaired) electrons. The molecule has 0 unspecified atom stereocenters. The van der Waals surface area contributed by atoms with Gasteiger partial charge in [-0.05, 0) is 26.0 Å². The number of nitrogens with two attached hydrogens (primary N) is 1. The molecule has 0 saturated heterocycles. The van der Waals surface area contributed by atoms with Crippen LogP contribution in [-0.4, -0.2) is 37.9 Å². The van der Waals surface area contributed by atoms with Gasteiger partial charge in [-0.25, -0.2) is 13.1 Å². The molecule has 1 amide bonds. The standard InChI is InChI=1S/C13H20N4O5S.ClH/c1-13(2,14)9-15-12(18)7-8-16-23(21,22)11-5-3-10(4-6-11)17(19)20;/h3-6,16H,7-9,14H2,1-2H3,(H,15,18);1H. The van der Waals surface area contributed by atoms with E-state index in [0.717, 1.165) is 24.3 Å². The molecule has 0 bridgehead atoms. The highest BCUT2D eigenvalue weighted by Gasteiger charge is 2.16. The van der Waals surface area contributed by atoms with Crippen LogP contribution in [0.2, 0.25) is 0 Å². The van der Waals surface area contributed by atoms with Crippen molar-refractivity contribution in [3.8, 4) is 0 Å². The lowest BCUT2D eigenvalue weighted by Gasteiger charge is -2.18. The predicted octanol–water partition coefficient (Wildman–Crippen LogP) is 0.539. The number of amides is 1. The Labute approximate surface area is 146 Å². The van der Waals surface area contributed by atoms with Crippen LogP contribution >= 0.6 is 12.4 Å². The Balaban J connectivity index is 0.00000529. The van der Waals surface area contributed by atoms with Gasteiger partial charge < -0.3 is 11.1 Å². The molecule has 136 valence electrons. The highest BCUT2D eigenvalue weighted by molar-refractivity contribution is 7.89. The van der Waals surface area contributed by atoms with Crippen LogP contribution in [0.15, 0.2) is 29.2 Å². The Morgan fingerprint density at radius 1 is 1.29 bits per heavy atom. The van der Waals surface area contributed by atoms with Gasteiger partial charge in [0.1, 0.15) is 0 Å². The van der Waals surface area contributed by atoms with Crippen molar-refractivity contribution in [2.24, 2.45) is 5.73 Å². The normalized spacial score (nSPS) is 11.5. The van der Waals surface area contributed by atoms with Gasteiger partial charge in [-0.1, -0.05) is 0 Å². The number of halogens is 1. The molecular formula is C13H21ClN4O5S. The molecule has 0 aromatic heterocycles. The van der Waals surface area contributed by atoms with Gasteiger partial charge in [0.25, 0.3) is 5.69 Å². The number of nitrogens with zero attached hydrogens (tertiary/aromatic N) is 1. The van der Waals surface area contributed by atoms with E-state index in [0.29, 0.717) is 0 Å². The van der Waals surface area contributed by atoms with Crippen LogP contribution in [0.5, 0.6) is 0 Å². The molecule has 0 fully saturated rings. The predicted molar refractivity (Wildman–Crippen MR) is 91.4 cm³/mol. The molecule has 0 aliphatic heterocycles. The fraction of sp³-hybridized carbons (Fsp3) is 0.462. The summed E-state index contributed by atoms with van der Waals surface area (Å²) in [6.45, 7) is 3.70. The van der Waals surface area contributed by atoms with Crippen molar-refractivity contribution in [3.05, 3.63) is 34.4 Å². The van der Waals surface area contributed by atoms with Crippen molar-refractivity contribution >= 4 is 34.0 Å². The van der Waals surface area contributed by atoms with E-state index in [9.17, 15) is 23.3 Å². The Hall–Kier alpha value is -1.75. The number of sulfonamides is 1. The van der Waals surface area contributed by atoms with Crippen molar-refractivity contribution in [1.29, 1.82) is 0 Å². The summed E-state index contributed by atoms with van der Waals surface area (Å²) in [6, 6.07) is 4.48. The third kappa shape index (κ3) is 7.68. The number of non-ortho nitro benzene ring substituents is 1. The number of nitro benzene ring substituents is 1. The summed E-state index contributed by atoms with van der Waals surface area (Å²) < 4.78 is 26.2. The van der Waals surface area contributed by atoms with E-state index in [1.54, 1.807) is 13.8 Å². The first-order chi connectivity index (χ1) is 10.5. The van der Waals surface area contributed by atoms with Gasteiger partial charge in [-0.3, -0.25) is 14.9 Å². The zero-order chi connectivity index (χ0) is 17.7. The summed E-state index contributed by atoms with van der Waals surface area (Å²) in [7, 11) is -3.82. The summed E-state index contributed by atoms with van der Waals surface area (Å²) in [5.41, 5.74) is 4.97. The number of carbonyl (C=O) groups is 1. The van der Waals surface area contributed by atoms with Crippen LogP contribution in [0.1, 0.15) is 20.3 Å². The summed E-state index contributed by atoms with van der Waals surface area (Å²) in [5.74, 6) is -0.324. The van der Waals surface area contributed by atoms with E-state index >= 15 is 0 Å². The van der Waals surface area contributed by atoms with E-state index in [1.165, 1.54) is 0 Å². The van der Waals surface area contributed by atoms with Gasteiger partial charge in [-0.2, -0.15) is 0 Å². The maximum Gasteiger partial charge on any atom is 0.269 e. The quantitative estimate of drug-likeness (QED) is 0.443. The number of nitrogens with one attached hydrogen (secondary N) is 2. The van der Waals surface area contributed by atoms with Crippen molar-refractivity contribution in [2.45, 2.75) is 30.7 Å². The molecule has 0 saturated carbocycles. The largest absolute Gasteiger partial charge is 0.354 e. The second-order valence-corrected chi connectivity index (χ2v) is 7.43. The number of hydrogen-bond donors (Lipinski definition) is 3. The van der Waals surface area contributed by atoms with Gasteiger partial charge in [0.2, 0.25) is 15.9 Å². The molecule has 0 aliphatic carbocycles. The Morgan fingerprint density at radius 3 is 2.29 bits per heavy atom. The first-order valence-corrected chi connectivity index (χ1v) is 8.29. The molecule has 1 rings (SSSR count). The maximum absolute atomic E-state index is 12.0. The zero-order valence-electron chi connectivity index (χ0n) is 13.3. The zero-order valence-corrected chi connectivity index (χ0v) is 14.9. The van der Waals surface area contributed by atoms with Crippen molar-refractivity contribution < 1.29 is 18.1 Å². The number of nitro groups is 1. The molecule has 0 spiro atoms. The third-order valence-corrected chi connectivity index (χ3v) is 4.22. The second kappa shape index (κ2) is 8.92. The fourth-order valence-electron chi connectivity index (χ4n) is 1.54. The molecule has 9 nitrogen and oxygen atoms in total. The average Bonchev–Trinajstić information content (AvgIpc) is 2.44. The van der Waals surface area contributed by atoms with E-state index in [2.05, 4.69) is 10.0 Å². The van der Waals surface area contributed by atoms with E-state index in [4.69, 9.17) is 5.73 Å². The first-order valence-electron chi connectivity index (χ1n) is 6.81. The van der Waals surface area contributed by atoms with Crippen LogP contribution in [-0.2, 0) is 14.8 Å². The lowest BCUT2D eigenvalue weighted by atomic mass is 10.1. The molecule has 1 aromatic rings. The van der Waals surface area contributed by atoms with Crippen LogP contribution < -0.4 is 15.8 Å². The minimum absolute atomic E-state index is 0. The van der Waals surface area contributed by atoms with Crippen LogP contribution in [0.4, 0.5) is 5.69 Å². The SMILES string of the molecule is CC(C)(N)CNC(=O)CCNS(=O)(=O)c1ccc([N+](=O)[O-])cc1.Cl. The molecule has 24 heavy (non-hydrogen) atoms. The number of hydrogen-bond acceptors (Lipinski definition) is 6. The van der Waals surface area contributed by atoms with Crippen molar-refractivity contribution in [2.75, 3.05) is 13.1 Å². The average molecular weight is 381 g/mol. The van der Waals surface area contributed by atoms with E-state index in [1.807, 2.05) is 0 Å². The Kier molecular flexibility index (Phi) is 8.27. The van der Waals surface area contributed by atoms with E-state index < -0.39 is 20.5 Å². The first kappa shape index (κ1) is 22.2. The molecule has 0 heterocycles. The van der Waals surface area contributed by atoms with Crippen molar-refractivity contribution in [3.63, 3.8) is 0 Å². The third-order valence-electron chi connectivity index (χ3n) is 2.74. The van der Waals surface area contributed by atoms with E-state index in [-0.39, 0.29) is 48.4 Å². The van der Waals surface area contributed by atoms with Crippen LogP contribution in [0.3, 0.4) is 0 Å². The summed E-state index contributed by atoms with van der Waals surface area (Å²) >= 11 is 0. The van der Waals surface area contributed by atoms with Gasteiger partial charge >= 0.3 is 0 Å². The monoisotopic (exact) mass is 380 g/mol. The second-order valence-electron chi connectivity index (χ2n) is 5.66. The summed E-state index contributed by atoms with van der Waals surface area (Å²) in [5, 5.41) is 13.1. The molecule has 1 aromatic carbocycles. The number of carbonyl (C=O) groups excluding carboxylic acids is 1. The Bertz CT molecular complexity index is 671. The lowest BCUT2D eigenvalue weighted by Crippen LogP contribution is -2.45. The minimum Gasteiger partial charge on any atom is -0.354 e. The van der Waals surface area contributed by atoms with Gasteiger partial charge in [0.15, 0.2) is 0 Å². The lowest BCUT2D eigenvalue weighted by molar-refractivity contribution is -0.384. The maximum atomic E-state index is 12.0. The van der Waals surface area contributed by atoms with Crippen LogP contribution in [0, 0.1) is 10.1 Å². The number of rotatable bonds is 8. The molecule has 4 N–H and O–H groups in total. The highest BCUT2D eigenvalue weighted by Crippen LogP contribution is 2.15. The van der Waals surface area contributed by atoms with Gasteiger partial charge in [0.05, 0.1) is 9.82 Å². The summed E-state index contributed by atoms with van der Waals surface area (Å²) in [6.07, 6.45) is -0.0394. The molecular weight excluding hydrogens is 360 g/mol. The fourth-order valence-corrected chi connectivity index (χ4v) is 2.58. The highest BCUT2D eigenvalue weighted by atomic mass is 35.5. The summed E-state index contributed by atoms with van der Waals surface area (Å²) in [4.78, 5) is 21.4. The Morgan fingerprint density at radius 2 is 1.83 bits per heavy atom. The molecule has 11 heteroatoms. The van der Waals surface area contributed by atoms with Gasteiger partial charge in [0, 0.05) is 37.2 Å². The smallest absolute Gasteiger partial charge is 0.269 e. The molecule has 0 aliphatic rings. The van der Waals surface area contributed by atoms with Crippen LogP contribution in [0.25, 0.3) is 0 Å². The van der Waals surface area contributed by atoms with Crippen molar-refractivity contribution in [1.82, 2.24) is 10.0 Å². The topological polar surface area (TPSA) is 144 Å². The number of benzene rings is 1. The van der Waals surface area contributed by atoms with Gasteiger partial charge in [-0.15, -0.1) is 12.4 Å². The minimum atomic E-state index is -3.82.